The summed E-state index contributed by atoms with van der Waals surface area (Å²) >= 11 is 0. The zero-order valence-corrected chi connectivity index (χ0v) is 9.56. The fourth-order valence-corrected chi connectivity index (χ4v) is 2.29. The van der Waals surface area contributed by atoms with Crippen molar-refractivity contribution < 1.29 is 14.6 Å². The second-order valence-corrected chi connectivity index (χ2v) is 4.29. The lowest BCUT2D eigenvalue weighted by Gasteiger charge is -2.39. The normalized spacial score (nSPS) is 30.2. The maximum Gasteiger partial charge on any atom is 0.119 e. The van der Waals surface area contributed by atoms with E-state index in [1.54, 1.807) is 7.11 Å². The molecule has 1 fully saturated rings. The molecule has 88 valence electrons. The fourth-order valence-electron chi connectivity index (χ4n) is 2.29. The van der Waals surface area contributed by atoms with Crippen LogP contribution in [0.5, 0.6) is 0 Å². The van der Waals surface area contributed by atoms with E-state index in [-0.39, 0.29) is 6.10 Å². The van der Waals surface area contributed by atoms with E-state index < -0.39 is 5.60 Å². The van der Waals surface area contributed by atoms with E-state index in [2.05, 4.69) is 0 Å². The van der Waals surface area contributed by atoms with Gasteiger partial charge in [-0.15, -0.1) is 0 Å². The summed E-state index contributed by atoms with van der Waals surface area (Å²) in [6, 6.07) is 9.99. The standard InChI is InChI=1S/C13H18O3/c1-15-10-13(9-12(14)7-8-16-13)11-5-3-2-4-6-11/h2-6,12,14H,7-10H2,1H3. The topological polar surface area (TPSA) is 38.7 Å². The maximum absolute atomic E-state index is 9.80. The highest BCUT2D eigenvalue weighted by Gasteiger charge is 2.38. The molecule has 1 aliphatic rings. The quantitative estimate of drug-likeness (QED) is 0.846. The lowest BCUT2D eigenvalue weighted by molar-refractivity contribution is -0.152. The molecule has 0 radical (unpaired) electrons. The number of rotatable bonds is 3. The van der Waals surface area contributed by atoms with Gasteiger partial charge in [0.15, 0.2) is 0 Å². The van der Waals surface area contributed by atoms with Gasteiger partial charge in [0, 0.05) is 13.5 Å². The predicted octanol–water partition coefficient (Wildman–Crippen LogP) is 1.70. The second kappa shape index (κ2) is 4.95. The van der Waals surface area contributed by atoms with Crippen LogP contribution in [0.25, 0.3) is 0 Å². The highest BCUT2D eigenvalue weighted by atomic mass is 16.5. The highest BCUT2D eigenvalue weighted by Crippen LogP contribution is 2.35. The molecule has 1 aliphatic heterocycles. The summed E-state index contributed by atoms with van der Waals surface area (Å²) in [6.07, 6.45) is 1.01. The van der Waals surface area contributed by atoms with Crippen molar-refractivity contribution in [3.8, 4) is 0 Å². The van der Waals surface area contributed by atoms with Crippen molar-refractivity contribution >= 4 is 0 Å². The van der Waals surface area contributed by atoms with E-state index in [1.165, 1.54) is 0 Å². The lowest BCUT2D eigenvalue weighted by Crippen LogP contribution is -2.43. The summed E-state index contributed by atoms with van der Waals surface area (Å²) in [5.41, 5.74) is 0.601. The Labute approximate surface area is 96.0 Å². The summed E-state index contributed by atoms with van der Waals surface area (Å²) in [7, 11) is 1.66. The van der Waals surface area contributed by atoms with Gasteiger partial charge in [-0.05, 0) is 12.0 Å². The van der Waals surface area contributed by atoms with Crippen molar-refractivity contribution in [1.82, 2.24) is 0 Å². The number of benzene rings is 1. The Morgan fingerprint density at radius 2 is 2.19 bits per heavy atom. The van der Waals surface area contributed by atoms with Crippen molar-refractivity contribution in [1.29, 1.82) is 0 Å². The molecule has 1 aromatic rings. The van der Waals surface area contributed by atoms with Gasteiger partial charge in [-0.25, -0.2) is 0 Å². The third kappa shape index (κ3) is 2.26. The van der Waals surface area contributed by atoms with E-state index >= 15 is 0 Å². The van der Waals surface area contributed by atoms with Crippen LogP contribution in [0, 0.1) is 0 Å². The average molecular weight is 222 g/mol. The van der Waals surface area contributed by atoms with Crippen molar-refractivity contribution in [2.24, 2.45) is 0 Å². The van der Waals surface area contributed by atoms with Gasteiger partial charge in [0.1, 0.15) is 5.60 Å². The van der Waals surface area contributed by atoms with Gasteiger partial charge >= 0.3 is 0 Å². The summed E-state index contributed by atoms with van der Waals surface area (Å²) in [5, 5.41) is 9.80. The third-order valence-corrected chi connectivity index (χ3v) is 3.07. The monoisotopic (exact) mass is 222 g/mol. The molecule has 2 rings (SSSR count). The molecule has 3 heteroatoms. The fraction of sp³-hybridized carbons (Fsp3) is 0.538. The second-order valence-electron chi connectivity index (χ2n) is 4.29. The average Bonchev–Trinajstić information content (AvgIpc) is 2.31. The Balaban J connectivity index is 2.27. The molecule has 1 aromatic carbocycles. The molecule has 16 heavy (non-hydrogen) atoms. The first-order valence-corrected chi connectivity index (χ1v) is 5.63. The number of hydrogen-bond donors (Lipinski definition) is 1. The lowest BCUT2D eigenvalue weighted by atomic mass is 9.86. The minimum atomic E-state index is -0.478. The van der Waals surface area contributed by atoms with Gasteiger partial charge in [0.25, 0.3) is 0 Å². The number of hydrogen-bond acceptors (Lipinski definition) is 3. The molecule has 0 amide bonds. The van der Waals surface area contributed by atoms with Crippen molar-refractivity contribution in [3.05, 3.63) is 35.9 Å². The zero-order valence-electron chi connectivity index (χ0n) is 9.56. The van der Waals surface area contributed by atoms with Crippen LogP contribution in [0.2, 0.25) is 0 Å². The van der Waals surface area contributed by atoms with Crippen LogP contribution in [0.15, 0.2) is 30.3 Å². The van der Waals surface area contributed by atoms with Gasteiger partial charge in [-0.3, -0.25) is 0 Å². The number of aliphatic hydroxyl groups excluding tert-OH is 1. The van der Waals surface area contributed by atoms with E-state index in [1.807, 2.05) is 30.3 Å². The summed E-state index contributed by atoms with van der Waals surface area (Å²) < 4.78 is 11.1. The van der Waals surface area contributed by atoms with E-state index in [0.717, 1.165) is 5.56 Å². The highest BCUT2D eigenvalue weighted by molar-refractivity contribution is 5.23. The summed E-state index contributed by atoms with van der Waals surface area (Å²) in [6.45, 7) is 1.06. The Morgan fingerprint density at radius 3 is 2.81 bits per heavy atom. The van der Waals surface area contributed by atoms with Crippen LogP contribution in [0.1, 0.15) is 18.4 Å². The van der Waals surface area contributed by atoms with Crippen molar-refractivity contribution in [2.45, 2.75) is 24.5 Å². The smallest absolute Gasteiger partial charge is 0.119 e. The van der Waals surface area contributed by atoms with Crippen LogP contribution in [0.4, 0.5) is 0 Å². The van der Waals surface area contributed by atoms with Crippen LogP contribution >= 0.6 is 0 Å². The minimum Gasteiger partial charge on any atom is -0.393 e. The molecule has 2 unspecified atom stereocenters. The molecule has 0 bridgehead atoms. The molecular formula is C13H18O3. The van der Waals surface area contributed by atoms with Gasteiger partial charge in [0.05, 0.1) is 19.3 Å². The first-order chi connectivity index (χ1) is 7.77. The number of aliphatic hydroxyl groups is 1. The largest absolute Gasteiger partial charge is 0.393 e. The molecule has 0 spiro atoms. The molecule has 2 atom stereocenters. The number of ether oxygens (including phenoxy) is 2. The summed E-state index contributed by atoms with van der Waals surface area (Å²) in [4.78, 5) is 0. The third-order valence-electron chi connectivity index (χ3n) is 3.07. The van der Waals surface area contributed by atoms with Crippen molar-refractivity contribution in [3.63, 3.8) is 0 Å². The molecule has 1 heterocycles. The first kappa shape index (κ1) is 11.6. The molecule has 3 nitrogen and oxygen atoms in total. The Morgan fingerprint density at radius 1 is 1.44 bits per heavy atom. The SMILES string of the molecule is COCC1(c2ccccc2)CC(O)CCO1. The molecular weight excluding hydrogens is 204 g/mol. The molecule has 0 aliphatic carbocycles. The van der Waals surface area contributed by atoms with Gasteiger partial charge in [0.2, 0.25) is 0 Å². The number of methoxy groups -OCH3 is 1. The van der Waals surface area contributed by atoms with Gasteiger partial charge < -0.3 is 14.6 Å². The van der Waals surface area contributed by atoms with Gasteiger partial charge in [-0.2, -0.15) is 0 Å². The van der Waals surface area contributed by atoms with Crippen LogP contribution in [-0.2, 0) is 15.1 Å². The van der Waals surface area contributed by atoms with Crippen LogP contribution < -0.4 is 0 Å². The van der Waals surface area contributed by atoms with E-state index in [9.17, 15) is 5.11 Å². The molecule has 0 aromatic heterocycles. The Hall–Kier alpha value is -0.900. The van der Waals surface area contributed by atoms with Crippen LogP contribution in [0.3, 0.4) is 0 Å². The van der Waals surface area contributed by atoms with E-state index in [4.69, 9.17) is 9.47 Å². The van der Waals surface area contributed by atoms with Crippen LogP contribution in [-0.4, -0.2) is 31.5 Å². The molecule has 1 N–H and O–H groups in total. The maximum atomic E-state index is 9.80. The Bertz CT molecular complexity index is 321. The van der Waals surface area contributed by atoms with Gasteiger partial charge in [-0.1, -0.05) is 30.3 Å². The zero-order chi connectivity index (χ0) is 11.4. The van der Waals surface area contributed by atoms with Crippen molar-refractivity contribution in [2.75, 3.05) is 20.3 Å². The minimum absolute atomic E-state index is 0.302. The predicted molar refractivity (Wildman–Crippen MR) is 61.2 cm³/mol. The van der Waals surface area contributed by atoms with E-state index in [0.29, 0.717) is 26.1 Å². The Kier molecular flexibility index (Phi) is 3.59. The first-order valence-electron chi connectivity index (χ1n) is 5.63. The molecule has 1 saturated heterocycles. The molecule has 0 saturated carbocycles. The summed E-state index contributed by atoms with van der Waals surface area (Å²) in [5.74, 6) is 0.